The first-order valence-electron chi connectivity index (χ1n) is 6.38. The van der Waals surface area contributed by atoms with E-state index >= 15 is 0 Å². The van der Waals surface area contributed by atoms with Gasteiger partial charge in [-0.25, -0.2) is 0 Å². The number of carbonyl (C=O) groups is 2. The van der Waals surface area contributed by atoms with Crippen molar-refractivity contribution in [3.8, 4) is 0 Å². The molecular weight excluding hydrogens is 262 g/mol. The van der Waals surface area contributed by atoms with Gasteiger partial charge >= 0.3 is 0 Å². The molecule has 1 aromatic heterocycles. The zero-order valence-corrected chi connectivity index (χ0v) is 12.1. The van der Waals surface area contributed by atoms with Gasteiger partial charge in [-0.2, -0.15) is 0 Å². The van der Waals surface area contributed by atoms with Crippen LogP contribution < -0.4 is 5.32 Å². The van der Waals surface area contributed by atoms with Crippen molar-refractivity contribution in [2.45, 2.75) is 13.0 Å². The minimum absolute atomic E-state index is 0.0152. The van der Waals surface area contributed by atoms with Crippen LogP contribution in [0.15, 0.2) is 17.5 Å². The maximum Gasteiger partial charge on any atom is 0.264 e. The Kier molecular flexibility index (Phi) is 4.55. The molecule has 1 fully saturated rings. The molecule has 6 heteroatoms. The van der Waals surface area contributed by atoms with Crippen LogP contribution in [-0.4, -0.2) is 60.9 Å². The van der Waals surface area contributed by atoms with E-state index in [1.165, 1.54) is 16.2 Å². The maximum absolute atomic E-state index is 12.2. The van der Waals surface area contributed by atoms with Crippen LogP contribution in [0.2, 0.25) is 0 Å². The summed E-state index contributed by atoms with van der Waals surface area (Å²) in [6.45, 7) is 4.50. The molecule has 0 saturated carbocycles. The summed E-state index contributed by atoms with van der Waals surface area (Å²) in [4.78, 5) is 28.3. The topological polar surface area (TPSA) is 52.7 Å². The van der Waals surface area contributed by atoms with Gasteiger partial charge in [-0.1, -0.05) is 6.07 Å². The number of amides is 2. The summed E-state index contributed by atoms with van der Waals surface area (Å²) >= 11 is 1.40. The molecular formula is C13H19N3O2S. The molecule has 2 amide bonds. The molecule has 1 atom stereocenters. The van der Waals surface area contributed by atoms with Gasteiger partial charge in [0.25, 0.3) is 5.91 Å². The summed E-state index contributed by atoms with van der Waals surface area (Å²) in [5.74, 6) is -0.0763. The first kappa shape index (κ1) is 14.0. The minimum Gasteiger partial charge on any atom is -0.336 e. The average Bonchev–Trinajstić information content (AvgIpc) is 2.92. The van der Waals surface area contributed by atoms with Crippen LogP contribution in [0.25, 0.3) is 0 Å². The van der Waals surface area contributed by atoms with Gasteiger partial charge in [0, 0.05) is 32.7 Å². The summed E-state index contributed by atoms with van der Waals surface area (Å²) in [5, 5.41) is 5.11. The fourth-order valence-electron chi connectivity index (χ4n) is 2.17. The second-order valence-electron chi connectivity index (χ2n) is 4.78. The summed E-state index contributed by atoms with van der Waals surface area (Å²) < 4.78 is 0. The van der Waals surface area contributed by atoms with Crippen molar-refractivity contribution in [2.75, 3.05) is 33.2 Å². The number of carbonyl (C=O) groups excluding carboxylic acids is 2. The van der Waals surface area contributed by atoms with Crippen molar-refractivity contribution in [1.29, 1.82) is 0 Å². The standard InChI is InChI=1S/C13H19N3O2S/c1-10-8-14-5-6-16(10)12(17)9-15(2)13(18)11-4-3-7-19-11/h3-4,7,10,14H,5-6,8-9H2,1-2H3. The Bertz CT molecular complexity index is 447. The molecule has 19 heavy (non-hydrogen) atoms. The first-order chi connectivity index (χ1) is 9.09. The van der Waals surface area contributed by atoms with E-state index in [0.29, 0.717) is 11.4 Å². The van der Waals surface area contributed by atoms with Gasteiger partial charge in [-0.05, 0) is 18.4 Å². The highest BCUT2D eigenvalue weighted by molar-refractivity contribution is 7.12. The Labute approximate surface area is 117 Å². The normalized spacial score (nSPS) is 19.3. The second kappa shape index (κ2) is 6.16. The van der Waals surface area contributed by atoms with Crippen molar-refractivity contribution < 1.29 is 9.59 Å². The fraction of sp³-hybridized carbons (Fsp3) is 0.538. The maximum atomic E-state index is 12.2. The molecule has 2 rings (SSSR count). The van der Waals surface area contributed by atoms with E-state index in [-0.39, 0.29) is 24.4 Å². The number of nitrogens with zero attached hydrogens (tertiary/aromatic N) is 2. The Hall–Kier alpha value is -1.40. The molecule has 1 N–H and O–H groups in total. The van der Waals surface area contributed by atoms with Gasteiger partial charge in [0.2, 0.25) is 5.91 Å². The van der Waals surface area contributed by atoms with Crippen LogP contribution in [0.5, 0.6) is 0 Å². The van der Waals surface area contributed by atoms with E-state index < -0.39 is 0 Å². The quantitative estimate of drug-likeness (QED) is 0.884. The Morgan fingerprint density at radius 1 is 1.58 bits per heavy atom. The third-order valence-corrected chi connectivity index (χ3v) is 4.13. The Balaban J connectivity index is 1.93. The predicted molar refractivity (Wildman–Crippen MR) is 75.3 cm³/mol. The van der Waals surface area contributed by atoms with Gasteiger partial charge in [-0.15, -0.1) is 11.3 Å². The lowest BCUT2D eigenvalue weighted by atomic mass is 10.2. The molecule has 0 aliphatic carbocycles. The summed E-state index contributed by atoms with van der Waals surface area (Å²) in [7, 11) is 1.67. The van der Waals surface area contributed by atoms with Gasteiger partial charge in [0.05, 0.1) is 11.4 Å². The van der Waals surface area contributed by atoms with Crippen LogP contribution in [0.1, 0.15) is 16.6 Å². The minimum atomic E-state index is -0.0915. The number of likely N-dealkylation sites (N-methyl/N-ethyl adjacent to an activating group) is 1. The molecule has 5 nitrogen and oxygen atoms in total. The van der Waals surface area contributed by atoms with Gasteiger partial charge in [0.15, 0.2) is 0 Å². The zero-order chi connectivity index (χ0) is 13.8. The first-order valence-corrected chi connectivity index (χ1v) is 7.26. The van der Waals surface area contributed by atoms with Crippen molar-refractivity contribution in [2.24, 2.45) is 0 Å². The molecule has 1 aromatic rings. The number of rotatable bonds is 3. The van der Waals surface area contributed by atoms with E-state index in [9.17, 15) is 9.59 Å². The van der Waals surface area contributed by atoms with Crippen molar-refractivity contribution in [1.82, 2.24) is 15.1 Å². The molecule has 1 unspecified atom stereocenters. The van der Waals surface area contributed by atoms with E-state index in [1.807, 2.05) is 23.3 Å². The Morgan fingerprint density at radius 2 is 2.37 bits per heavy atom. The van der Waals surface area contributed by atoms with Gasteiger partial charge < -0.3 is 15.1 Å². The lowest BCUT2D eigenvalue weighted by Gasteiger charge is -2.35. The molecule has 2 heterocycles. The summed E-state index contributed by atoms with van der Waals surface area (Å²) in [5.41, 5.74) is 0. The van der Waals surface area contributed by atoms with Crippen LogP contribution in [0.4, 0.5) is 0 Å². The third kappa shape index (κ3) is 3.33. The van der Waals surface area contributed by atoms with Gasteiger partial charge in [0.1, 0.15) is 0 Å². The molecule has 1 saturated heterocycles. The Morgan fingerprint density at radius 3 is 3.00 bits per heavy atom. The van der Waals surface area contributed by atoms with E-state index in [1.54, 1.807) is 13.1 Å². The highest BCUT2D eigenvalue weighted by Crippen LogP contribution is 2.11. The van der Waals surface area contributed by atoms with Crippen LogP contribution in [0.3, 0.4) is 0 Å². The fourth-order valence-corrected chi connectivity index (χ4v) is 2.88. The summed E-state index contributed by atoms with van der Waals surface area (Å²) in [6, 6.07) is 3.80. The molecule has 0 radical (unpaired) electrons. The lowest BCUT2D eigenvalue weighted by Crippen LogP contribution is -2.54. The number of hydrogen-bond donors (Lipinski definition) is 1. The van der Waals surface area contributed by atoms with E-state index in [0.717, 1.165) is 13.1 Å². The zero-order valence-electron chi connectivity index (χ0n) is 11.3. The average molecular weight is 281 g/mol. The molecule has 1 aliphatic rings. The predicted octanol–water partition coefficient (Wildman–Crippen LogP) is 0.640. The van der Waals surface area contributed by atoms with Crippen LogP contribution in [0, 0.1) is 0 Å². The highest BCUT2D eigenvalue weighted by Gasteiger charge is 2.25. The van der Waals surface area contributed by atoms with E-state index in [2.05, 4.69) is 5.32 Å². The van der Waals surface area contributed by atoms with Crippen LogP contribution in [-0.2, 0) is 4.79 Å². The van der Waals surface area contributed by atoms with E-state index in [4.69, 9.17) is 0 Å². The number of hydrogen-bond acceptors (Lipinski definition) is 4. The molecule has 104 valence electrons. The molecule has 0 aromatic carbocycles. The van der Waals surface area contributed by atoms with Crippen LogP contribution >= 0.6 is 11.3 Å². The highest BCUT2D eigenvalue weighted by atomic mass is 32.1. The third-order valence-electron chi connectivity index (χ3n) is 3.27. The smallest absolute Gasteiger partial charge is 0.264 e. The molecule has 0 spiro atoms. The molecule has 0 bridgehead atoms. The summed E-state index contributed by atoms with van der Waals surface area (Å²) in [6.07, 6.45) is 0. The monoisotopic (exact) mass is 281 g/mol. The molecule has 1 aliphatic heterocycles. The largest absolute Gasteiger partial charge is 0.336 e. The lowest BCUT2D eigenvalue weighted by molar-refractivity contribution is -0.134. The number of thiophene rings is 1. The number of piperazine rings is 1. The SMILES string of the molecule is CC1CNCCN1C(=O)CN(C)C(=O)c1cccs1. The van der Waals surface area contributed by atoms with Gasteiger partial charge in [-0.3, -0.25) is 9.59 Å². The number of nitrogens with one attached hydrogen (secondary N) is 1. The van der Waals surface area contributed by atoms with Crippen molar-refractivity contribution in [3.05, 3.63) is 22.4 Å². The van der Waals surface area contributed by atoms with Crippen molar-refractivity contribution in [3.63, 3.8) is 0 Å². The second-order valence-corrected chi connectivity index (χ2v) is 5.73. The van der Waals surface area contributed by atoms with Crippen molar-refractivity contribution >= 4 is 23.2 Å².